The molecule has 0 amide bonds. The average Bonchev–Trinajstić information content (AvgIpc) is 1.48. The minimum atomic E-state index is -1.09. The minimum absolute atomic E-state index is 0.184. The van der Waals surface area contributed by atoms with Gasteiger partial charge in [-0.25, -0.2) is 14.7 Å². The fourth-order valence-corrected chi connectivity index (χ4v) is 25.4. The lowest BCUT2D eigenvalue weighted by Gasteiger charge is -2.34. The van der Waals surface area contributed by atoms with E-state index in [1.165, 1.54) is 46.1 Å². The van der Waals surface area contributed by atoms with E-state index in [9.17, 15) is 15.8 Å². The minimum Gasteiger partial charge on any atom is -0.289 e. The summed E-state index contributed by atoms with van der Waals surface area (Å²) in [5, 5.41) is 46.5. The van der Waals surface area contributed by atoms with Crippen LogP contribution in [0.3, 0.4) is 0 Å². The molecule has 14 aromatic rings. The summed E-state index contributed by atoms with van der Waals surface area (Å²) < 4.78 is 19.0. The number of nitriles is 3. The maximum Gasteiger partial charge on any atom is 0.270 e. The smallest absolute Gasteiger partial charge is 0.270 e. The van der Waals surface area contributed by atoms with Crippen molar-refractivity contribution in [1.82, 2.24) is 19.1 Å². The molecular weight excluding hydrogens is 1640 g/mol. The van der Waals surface area contributed by atoms with Crippen LogP contribution in [0.5, 0.6) is 0 Å². The number of aromatic nitrogens is 4. The topological polar surface area (TPSA) is 175 Å². The number of hydrogen-bond acceptors (Lipinski definition) is 15. The Labute approximate surface area is 724 Å². The number of benzene rings is 8. The fourth-order valence-electron chi connectivity index (χ4n) is 18.9. The van der Waals surface area contributed by atoms with Crippen LogP contribution in [-0.2, 0) is 36.5 Å². The molecule has 0 saturated carbocycles. The number of carbonyl (C=O) groups is 2. The fraction of sp³-hybridized carbons (Fsp3) is 0.265. The summed E-state index contributed by atoms with van der Waals surface area (Å²) in [4.78, 5) is 39.4. The highest BCUT2D eigenvalue weighted by Crippen LogP contribution is 2.69. The van der Waals surface area contributed by atoms with Crippen LogP contribution < -0.4 is 0 Å². The third-order valence-electron chi connectivity index (χ3n) is 24.4. The largest absolute Gasteiger partial charge is 0.289 e. The van der Waals surface area contributed by atoms with Gasteiger partial charge in [0.1, 0.15) is 34.3 Å². The third kappa shape index (κ3) is 12.8. The van der Waals surface area contributed by atoms with Gasteiger partial charge in [0.2, 0.25) is 0 Å². The zero-order chi connectivity index (χ0) is 81.4. The number of hydrogen-bond donors (Lipinski definition) is 0. The number of rotatable bonds is 26. The number of carbonyl (C=O) groups excluding carboxylic acids is 2. The van der Waals surface area contributed by atoms with Crippen LogP contribution in [-0.4, -0.2) is 30.6 Å². The van der Waals surface area contributed by atoms with Gasteiger partial charge in [0.05, 0.1) is 84.2 Å². The van der Waals surface area contributed by atoms with E-state index >= 15 is 9.59 Å². The van der Waals surface area contributed by atoms with Crippen LogP contribution in [0.1, 0.15) is 239 Å². The first-order chi connectivity index (χ1) is 57.7. The molecule has 0 N–H and O–H groups in total. The van der Waals surface area contributed by atoms with Crippen LogP contribution in [0.2, 0.25) is 20.1 Å². The monoisotopic (exact) mass is 1710 g/mol. The van der Waals surface area contributed by atoms with Gasteiger partial charge in [0.25, 0.3) is 5.70 Å². The molecule has 118 heavy (non-hydrogen) atoms. The zero-order valence-electron chi connectivity index (χ0n) is 65.4. The number of halogens is 4. The van der Waals surface area contributed by atoms with Crippen molar-refractivity contribution >= 4 is 191 Å². The molecule has 0 spiro atoms. The molecule has 4 aliphatic rings. The van der Waals surface area contributed by atoms with Gasteiger partial charge < -0.3 is 0 Å². The highest BCUT2D eigenvalue weighted by atomic mass is 35.5. The Hall–Kier alpha value is -10.0. The molecule has 0 atom stereocenters. The first-order valence-electron chi connectivity index (χ1n) is 40.7. The van der Waals surface area contributed by atoms with Crippen molar-refractivity contribution in [2.75, 3.05) is 0 Å². The Kier molecular flexibility index (Phi) is 21.9. The lowest BCUT2D eigenvalue weighted by Crippen LogP contribution is -2.28. The number of thiophene rings is 4. The van der Waals surface area contributed by atoms with Gasteiger partial charge in [-0.3, -0.25) is 9.59 Å². The van der Waals surface area contributed by atoms with Gasteiger partial charge in [-0.1, -0.05) is 248 Å². The van der Waals surface area contributed by atoms with Gasteiger partial charge in [-0.15, -0.1) is 45.3 Å². The molecule has 0 radical (unpaired) electrons. The second-order valence-corrected chi connectivity index (χ2v) is 37.7. The lowest BCUT2D eigenvalue weighted by atomic mass is 9.66. The molecule has 0 unspecified atom stereocenters. The molecule has 18 rings (SSSR count). The Morgan fingerprint density at radius 1 is 0.432 bits per heavy atom. The molecule has 20 heteroatoms. The summed E-state index contributed by atoms with van der Waals surface area (Å²) >= 11 is 34.4. The second-order valence-electron chi connectivity index (χ2n) is 31.3. The van der Waals surface area contributed by atoms with E-state index in [0.29, 0.717) is 27.7 Å². The Balaban J connectivity index is 0.959. The number of aryl methyl sites for hydroxylation is 4. The van der Waals surface area contributed by atoms with Gasteiger partial charge >= 0.3 is 0 Å². The number of ketones is 2. The molecule has 0 fully saturated rings. The normalized spacial score (nSPS) is 15.2. The van der Waals surface area contributed by atoms with Crippen molar-refractivity contribution in [3.63, 3.8) is 0 Å². The first kappa shape index (κ1) is 79.1. The van der Waals surface area contributed by atoms with Crippen LogP contribution >= 0.6 is 103 Å². The van der Waals surface area contributed by atoms with Crippen molar-refractivity contribution in [3.05, 3.63) is 286 Å². The van der Waals surface area contributed by atoms with Gasteiger partial charge in [0, 0.05) is 64.7 Å². The quantitative estimate of drug-likeness (QED) is 0.0220. The second kappa shape index (κ2) is 32.6. The Morgan fingerprint density at radius 3 is 1.19 bits per heavy atom. The summed E-state index contributed by atoms with van der Waals surface area (Å²) in [6, 6.07) is 54.0. The van der Waals surface area contributed by atoms with Gasteiger partial charge in [-0.05, 0) is 188 Å². The molecule has 8 aromatic carbocycles. The summed E-state index contributed by atoms with van der Waals surface area (Å²) in [5.41, 5.74) is 15.3. The molecule has 6 aromatic heterocycles. The van der Waals surface area contributed by atoms with Crippen molar-refractivity contribution in [2.45, 2.75) is 167 Å². The van der Waals surface area contributed by atoms with E-state index in [4.69, 9.17) is 76.7 Å². The van der Waals surface area contributed by atoms with E-state index in [-0.39, 0.29) is 76.3 Å². The molecule has 584 valence electrons. The molecule has 6 heterocycles. The molecule has 11 nitrogen and oxygen atoms in total. The summed E-state index contributed by atoms with van der Waals surface area (Å²) in [5.74, 6) is -0.737. The van der Waals surface area contributed by atoms with Crippen molar-refractivity contribution in [1.29, 1.82) is 15.8 Å². The highest BCUT2D eigenvalue weighted by molar-refractivity contribution is 7.29. The Morgan fingerprint density at radius 2 is 0.797 bits per heavy atom. The van der Waals surface area contributed by atoms with Gasteiger partial charge in [-0.2, -0.15) is 19.3 Å². The average molecular weight is 1720 g/mol. The SMILES string of the molecule is [C-]#[N+]/C(C#N)=C1/C(=C/c2cc3c(s2)-c2sc4c5nonc5c5c6c7c(sc6c6nsnc6c5c4c2C3(c2ccc(CCCCCC)cc2)c2ccc(CCCCCC)cc2)-c2sc(/C=C3\C(=O)c4cc(Cl)c(Cl)cc4C3=C(C#N)C#N)cc2C7(c2ccc(CCCCCC)cc2)c2ccc(CCCCCC)cc2)C(=O)c2cc(Cl)c(Cl)cc21. The molecule has 4 aliphatic carbocycles. The van der Waals surface area contributed by atoms with Crippen LogP contribution in [0.15, 0.2) is 161 Å². The van der Waals surface area contributed by atoms with Crippen molar-refractivity contribution in [2.24, 2.45) is 0 Å². The summed E-state index contributed by atoms with van der Waals surface area (Å²) in [7, 11) is 0. The maximum absolute atomic E-state index is 15.1. The number of nitrogens with zero attached hydrogens (tertiary/aromatic N) is 8. The summed E-state index contributed by atoms with van der Waals surface area (Å²) in [6.45, 7) is 17.3. The van der Waals surface area contributed by atoms with E-state index in [1.807, 2.05) is 12.2 Å². The third-order valence-corrected chi connectivity index (χ3v) is 31.3. The van der Waals surface area contributed by atoms with Crippen LogP contribution in [0, 0.1) is 40.6 Å². The molecule has 0 saturated heterocycles. The van der Waals surface area contributed by atoms with E-state index in [0.717, 1.165) is 239 Å². The van der Waals surface area contributed by atoms with Crippen molar-refractivity contribution in [3.8, 4) is 37.7 Å². The van der Waals surface area contributed by atoms with E-state index in [2.05, 4.69) is 160 Å². The first-order valence-corrected chi connectivity index (χ1v) is 46.2. The lowest BCUT2D eigenvalue weighted by molar-refractivity contribution is 0.103. The van der Waals surface area contributed by atoms with Crippen molar-refractivity contribution < 1.29 is 14.2 Å². The molecular formula is C98H76Cl4N8O3S5. The van der Waals surface area contributed by atoms with Gasteiger partial charge in [0.15, 0.2) is 17.1 Å². The predicted octanol–water partition coefficient (Wildman–Crippen LogP) is 29.3. The number of Topliss-reactive ketones (excluding diaryl/α,β-unsaturated/α-hetero) is 2. The number of allylic oxidation sites excluding steroid dienone is 6. The summed E-state index contributed by atoms with van der Waals surface area (Å²) in [6.07, 6.45) is 25.3. The van der Waals surface area contributed by atoms with Crippen LogP contribution in [0.4, 0.5) is 0 Å². The molecule has 0 aliphatic heterocycles. The molecule has 0 bridgehead atoms. The zero-order valence-corrected chi connectivity index (χ0v) is 72.5. The number of unbranched alkanes of at least 4 members (excludes halogenated alkanes) is 12. The number of fused-ring (bicyclic) bond motifs is 21. The highest BCUT2D eigenvalue weighted by Gasteiger charge is 2.54. The standard InChI is InChI=1S/C98H76Cl4N8O3S5/c1-6-10-14-18-22-53-26-34-58(35-27-53)97(59-36-28-54(29-37-59)23-19-15-11-7-2)70-44-62(42-68-77(57(50-103)51-104)64-46-72(99)74(101)48-66(64)89(68)111)114-92(70)96-83(97)81-79-80(86-88(94(81)117-96)110-118-109-86)82-84-95(116-93(82)87-85(79)107-113-108-87)91-71(45-63(115-91)43-69-78(76(52-105)106-5)65-47-73(100)75(102)49-67(65)90(69)112)98(84,60-38-30-55(31-39-60)24-20-16-12-8-3)61-40-32-56(33-41-61)25-21-17-13-9-4/h26-49H,6-25H2,1-4H3/b68-42-,69-43-,78-76+. The van der Waals surface area contributed by atoms with E-state index in [1.54, 1.807) is 57.5 Å². The van der Waals surface area contributed by atoms with Crippen LogP contribution in [0.25, 0.3) is 101 Å². The Bertz CT molecular complexity index is 6280. The predicted molar refractivity (Wildman–Crippen MR) is 488 cm³/mol. The van der Waals surface area contributed by atoms with E-state index < -0.39 is 10.8 Å². The maximum atomic E-state index is 15.1.